The van der Waals surface area contributed by atoms with Crippen molar-refractivity contribution in [3.05, 3.63) is 78.1 Å². The number of hydrogen-bond acceptors (Lipinski definition) is 5. The molecule has 0 aliphatic rings. The third-order valence-electron chi connectivity index (χ3n) is 3.60. The lowest BCUT2D eigenvalue weighted by atomic mass is 10.2. The van der Waals surface area contributed by atoms with Gasteiger partial charge in [0.2, 0.25) is 0 Å². The summed E-state index contributed by atoms with van der Waals surface area (Å²) in [5.41, 5.74) is 4.46. The Morgan fingerprint density at radius 1 is 1.07 bits per heavy atom. The van der Waals surface area contributed by atoms with Gasteiger partial charge in [0.1, 0.15) is 19.0 Å². The van der Waals surface area contributed by atoms with E-state index in [1.165, 1.54) is 13.2 Å². The number of methoxy groups -OCH3 is 2. The maximum atomic E-state index is 11.2. The van der Waals surface area contributed by atoms with Crippen molar-refractivity contribution in [1.29, 1.82) is 0 Å². The standard InChI is InChI=1S/C22H22O5/c1-4-5-14-26-19-10-6-18(7-11-19)16-27-20-12-8-17(15-21(20)24-2)9-13-22(23)25-3/h5-13,15H,1,14,16H2,2-3H3. The molecule has 0 bridgehead atoms. The van der Waals surface area contributed by atoms with Gasteiger partial charge in [-0.3, -0.25) is 0 Å². The molecule has 0 amide bonds. The molecule has 2 aromatic rings. The van der Waals surface area contributed by atoms with E-state index in [4.69, 9.17) is 14.2 Å². The van der Waals surface area contributed by atoms with Crippen LogP contribution in [0.2, 0.25) is 0 Å². The highest BCUT2D eigenvalue weighted by atomic mass is 16.5. The predicted octanol–water partition coefficient (Wildman–Crippen LogP) is 4.18. The molecule has 0 radical (unpaired) electrons. The molecule has 2 rings (SSSR count). The van der Waals surface area contributed by atoms with Crippen LogP contribution in [0.25, 0.3) is 6.08 Å². The summed E-state index contributed by atoms with van der Waals surface area (Å²) < 4.78 is 21.3. The van der Waals surface area contributed by atoms with Crippen LogP contribution >= 0.6 is 0 Å². The van der Waals surface area contributed by atoms with E-state index in [1.807, 2.05) is 30.3 Å². The van der Waals surface area contributed by atoms with Crippen molar-refractivity contribution in [2.75, 3.05) is 20.8 Å². The zero-order valence-corrected chi connectivity index (χ0v) is 15.4. The fourth-order valence-electron chi connectivity index (χ4n) is 2.18. The molecule has 0 aromatic heterocycles. The third kappa shape index (κ3) is 6.42. The molecular weight excluding hydrogens is 344 g/mol. The lowest BCUT2D eigenvalue weighted by molar-refractivity contribution is -0.134. The van der Waals surface area contributed by atoms with Gasteiger partial charge in [-0.1, -0.05) is 24.8 Å². The average Bonchev–Trinajstić information content (AvgIpc) is 2.71. The molecule has 0 saturated carbocycles. The van der Waals surface area contributed by atoms with Gasteiger partial charge in [0.25, 0.3) is 0 Å². The second kappa shape index (κ2) is 10.5. The zero-order chi connectivity index (χ0) is 19.5. The summed E-state index contributed by atoms with van der Waals surface area (Å²) in [7, 11) is 2.90. The topological polar surface area (TPSA) is 54.0 Å². The van der Waals surface area contributed by atoms with Gasteiger partial charge in [0.05, 0.1) is 14.2 Å². The van der Waals surface area contributed by atoms with Gasteiger partial charge in [0.15, 0.2) is 11.5 Å². The van der Waals surface area contributed by atoms with Crippen LogP contribution in [-0.2, 0) is 16.1 Å². The van der Waals surface area contributed by atoms with Crippen LogP contribution in [0.1, 0.15) is 11.1 Å². The van der Waals surface area contributed by atoms with E-state index in [-0.39, 0.29) is 0 Å². The molecule has 5 heteroatoms. The van der Waals surface area contributed by atoms with Crippen LogP contribution < -0.4 is 14.2 Å². The van der Waals surface area contributed by atoms with Crippen molar-refractivity contribution in [2.24, 2.45) is 0 Å². The number of ether oxygens (including phenoxy) is 4. The molecule has 0 N–H and O–H groups in total. The number of carbonyl (C=O) groups excluding carboxylic acids is 1. The number of benzene rings is 2. The highest BCUT2D eigenvalue weighted by molar-refractivity contribution is 5.87. The van der Waals surface area contributed by atoms with E-state index in [9.17, 15) is 4.79 Å². The monoisotopic (exact) mass is 366 g/mol. The summed E-state index contributed by atoms with van der Waals surface area (Å²) in [5.74, 6) is 1.55. The zero-order valence-electron chi connectivity index (χ0n) is 15.4. The summed E-state index contributed by atoms with van der Waals surface area (Å²) >= 11 is 0. The smallest absolute Gasteiger partial charge is 0.330 e. The van der Waals surface area contributed by atoms with E-state index in [1.54, 1.807) is 31.4 Å². The molecule has 0 spiro atoms. The van der Waals surface area contributed by atoms with E-state index < -0.39 is 5.97 Å². The summed E-state index contributed by atoms with van der Waals surface area (Å²) in [6, 6.07) is 13.1. The van der Waals surface area contributed by atoms with Gasteiger partial charge in [-0.05, 0) is 47.5 Å². The fraction of sp³-hybridized carbons (Fsp3) is 0.182. The van der Waals surface area contributed by atoms with E-state index >= 15 is 0 Å². The van der Waals surface area contributed by atoms with Crippen LogP contribution in [0.15, 0.2) is 66.9 Å². The SMILES string of the molecule is C=C=CCOc1ccc(COc2ccc(C=CC(=O)OC)cc2OC)cc1. The lowest BCUT2D eigenvalue weighted by Crippen LogP contribution is -1.99. The minimum absolute atomic E-state index is 0.389. The molecule has 0 aliphatic carbocycles. The largest absolute Gasteiger partial charge is 0.493 e. The summed E-state index contributed by atoms with van der Waals surface area (Å²) in [6.45, 7) is 4.32. The van der Waals surface area contributed by atoms with Crippen molar-refractivity contribution in [2.45, 2.75) is 6.61 Å². The first-order chi connectivity index (χ1) is 13.2. The molecule has 27 heavy (non-hydrogen) atoms. The fourth-order valence-corrected chi connectivity index (χ4v) is 2.18. The molecular formula is C22H22O5. The van der Waals surface area contributed by atoms with Gasteiger partial charge in [0, 0.05) is 6.08 Å². The summed E-state index contributed by atoms with van der Waals surface area (Å²) in [6.07, 6.45) is 4.72. The van der Waals surface area contributed by atoms with Gasteiger partial charge in [-0.2, -0.15) is 0 Å². The number of esters is 1. The average molecular weight is 366 g/mol. The predicted molar refractivity (Wildman–Crippen MR) is 104 cm³/mol. The second-order valence-corrected chi connectivity index (χ2v) is 5.42. The Hall–Kier alpha value is -3.43. The second-order valence-electron chi connectivity index (χ2n) is 5.42. The Labute approximate surface area is 159 Å². The van der Waals surface area contributed by atoms with E-state index in [2.05, 4.69) is 17.0 Å². The molecule has 0 aliphatic heterocycles. The minimum Gasteiger partial charge on any atom is -0.493 e. The highest BCUT2D eigenvalue weighted by Crippen LogP contribution is 2.29. The van der Waals surface area contributed by atoms with Gasteiger partial charge < -0.3 is 18.9 Å². The first kappa shape index (κ1) is 19.9. The molecule has 5 nitrogen and oxygen atoms in total. The van der Waals surface area contributed by atoms with Crippen LogP contribution in [0, 0.1) is 0 Å². The molecule has 0 heterocycles. The van der Waals surface area contributed by atoms with Crippen LogP contribution in [0.5, 0.6) is 17.2 Å². The molecule has 140 valence electrons. The lowest BCUT2D eigenvalue weighted by Gasteiger charge is -2.12. The van der Waals surface area contributed by atoms with Crippen LogP contribution in [0.4, 0.5) is 0 Å². The Kier molecular flexibility index (Phi) is 7.76. The molecule has 0 fully saturated rings. The molecule has 0 unspecified atom stereocenters. The number of rotatable bonds is 9. The Bertz CT molecular complexity index is 830. The van der Waals surface area contributed by atoms with E-state index in [0.717, 1.165) is 16.9 Å². The van der Waals surface area contributed by atoms with Gasteiger partial charge in [-0.15, -0.1) is 5.73 Å². The molecule has 2 aromatic carbocycles. The number of hydrogen-bond donors (Lipinski definition) is 0. The number of carbonyl (C=O) groups is 1. The first-order valence-corrected chi connectivity index (χ1v) is 8.29. The summed E-state index contributed by atoms with van der Waals surface area (Å²) in [5, 5.41) is 0. The summed E-state index contributed by atoms with van der Waals surface area (Å²) in [4.78, 5) is 11.2. The Balaban J connectivity index is 1.99. The normalized spacial score (nSPS) is 10.1. The van der Waals surface area contributed by atoms with Crippen LogP contribution in [-0.4, -0.2) is 26.8 Å². The van der Waals surface area contributed by atoms with Crippen molar-refractivity contribution >= 4 is 12.0 Å². The van der Waals surface area contributed by atoms with E-state index in [0.29, 0.717) is 24.7 Å². The highest BCUT2D eigenvalue weighted by Gasteiger charge is 2.06. The molecule has 0 atom stereocenters. The Morgan fingerprint density at radius 3 is 2.52 bits per heavy atom. The first-order valence-electron chi connectivity index (χ1n) is 8.29. The quantitative estimate of drug-likeness (QED) is 0.379. The third-order valence-corrected chi connectivity index (χ3v) is 3.60. The van der Waals surface area contributed by atoms with Crippen molar-refractivity contribution in [1.82, 2.24) is 0 Å². The van der Waals surface area contributed by atoms with Gasteiger partial charge >= 0.3 is 5.97 Å². The van der Waals surface area contributed by atoms with Crippen molar-refractivity contribution < 1.29 is 23.7 Å². The Morgan fingerprint density at radius 2 is 1.85 bits per heavy atom. The molecule has 0 saturated heterocycles. The van der Waals surface area contributed by atoms with Gasteiger partial charge in [-0.25, -0.2) is 4.79 Å². The maximum absolute atomic E-state index is 11.2. The maximum Gasteiger partial charge on any atom is 0.330 e. The minimum atomic E-state index is -0.415. The van der Waals surface area contributed by atoms with Crippen LogP contribution in [0.3, 0.4) is 0 Å². The van der Waals surface area contributed by atoms with Crippen molar-refractivity contribution in [3.63, 3.8) is 0 Å². The van der Waals surface area contributed by atoms with Crippen molar-refractivity contribution in [3.8, 4) is 17.2 Å².